The molecular weight excluding hydrogens is 254 g/mol. The second-order valence-corrected chi connectivity index (χ2v) is 4.86. The molecular formula is C12H14F2N4O. The Kier molecular flexibility index (Phi) is 3.46. The molecule has 0 radical (unpaired) electrons. The third-order valence-electron chi connectivity index (χ3n) is 2.81. The summed E-state index contributed by atoms with van der Waals surface area (Å²) in [6, 6.07) is 3.25. The van der Waals surface area contributed by atoms with E-state index in [1.165, 1.54) is 24.6 Å². The molecule has 2 aromatic heterocycles. The summed E-state index contributed by atoms with van der Waals surface area (Å²) in [5.74, 6) is -0.0712. The van der Waals surface area contributed by atoms with Crippen molar-refractivity contribution in [2.75, 3.05) is 5.32 Å². The van der Waals surface area contributed by atoms with Crippen LogP contribution >= 0.6 is 0 Å². The summed E-state index contributed by atoms with van der Waals surface area (Å²) in [5, 5.41) is 6.61. The van der Waals surface area contributed by atoms with E-state index in [0.29, 0.717) is 11.5 Å². The van der Waals surface area contributed by atoms with Gasteiger partial charge in [0.05, 0.1) is 6.20 Å². The Morgan fingerprint density at radius 1 is 1.42 bits per heavy atom. The summed E-state index contributed by atoms with van der Waals surface area (Å²) in [4.78, 5) is 16.1. The molecule has 2 heterocycles. The number of rotatable bonds is 4. The van der Waals surface area contributed by atoms with Crippen molar-refractivity contribution in [3.8, 4) is 0 Å². The second-order valence-electron chi connectivity index (χ2n) is 4.86. The van der Waals surface area contributed by atoms with Gasteiger partial charge in [-0.05, 0) is 6.07 Å². The van der Waals surface area contributed by atoms with Crippen molar-refractivity contribution in [2.24, 2.45) is 5.41 Å². The number of halogens is 2. The Hall–Kier alpha value is -2.05. The topological polar surface area (TPSA) is 59.3 Å². The molecule has 0 aliphatic rings. The summed E-state index contributed by atoms with van der Waals surface area (Å²) >= 11 is 0. The van der Waals surface area contributed by atoms with Gasteiger partial charge in [-0.1, -0.05) is 13.8 Å². The van der Waals surface area contributed by atoms with Crippen molar-refractivity contribution < 1.29 is 13.6 Å². The fourth-order valence-corrected chi connectivity index (χ4v) is 1.69. The van der Waals surface area contributed by atoms with Crippen molar-refractivity contribution in [1.29, 1.82) is 0 Å². The van der Waals surface area contributed by atoms with Crippen LogP contribution in [-0.2, 0) is 4.79 Å². The number of carbonyl (C=O) groups is 1. The number of hydrogen-bond donors (Lipinski definition) is 1. The van der Waals surface area contributed by atoms with Gasteiger partial charge in [0.25, 0.3) is 0 Å². The molecule has 2 aromatic rings. The van der Waals surface area contributed by atoms with Gasteiger partial charge in [0.15, 0.2) is 5.65 Å². The van der Waals surface area contributed by atoms with E-state index in [1.54, 1.807) is 18.3 Å². The molecule has 0 atom stereocenters. The number of anilines is 1. The van der Waals surface area contributed by atoms with Crippen molar-refractivity contribution in [3.63, 3.8) is 0 Å². The molecule has 102 valence electrons. The van der Waals surface area contributed by atoms with E-state index in [-0.39, 0.29) is 0 Å². The first-order valence-corrected chi connectivity index (χ1v) is 5.78. The van der Waals surface area contributed by atoms with E-state index in [9.17, 15) is 13.6 Å². The largest absolute Gasteiger partial charge is 0.310 e. The molecule has 0 saturated heterocycles. The highest BCUT2D eigenvalue weighted by Gasteiger charge is 2.31. The SMILES string of the molecule is CC(C)(CC(F)F)C(=O)Nc1ccnc2ccnn12. The van der Waals surface area contributed by atoms with Crippen LogP contribution in [0.5, 0.6) is 0 Å². The van der Waals surface area contributed by atoms with Gasteiger partial charge in [0.2, 0.25) is 12.3 Å². The molecule has 0 unspecified atom stereocenters. The Labute approximate surface area is 108 Å². The van der Waals surface area contributed by atoms with Crippen LogP contribution in [0.4, 0.5) is 14.6 Å². The summed E-state index contributed by atoms with van der Waals surface area (Å²) in [7, 11) is 0. The minimum absolute atomic E-state index is 0.405. The number of carbonyl (C=O) groups excluding carboxylic acids is 1. The number of amides is 1. The maximum Gasteiger partial charge on any atom is 0.239 e. The average molecular weight is 268 g/mol. The lowest BCUT2D eigenvalue weighted by molar-refractivity contribution is -0.126. The van der Waals surface area contributed by atoms with E-state index < -0.39 is 24.2 Å². The number of nitrogens with zero attached hydrogens (tertiary/aromatic N) is 3. The summed E-state index contributed by atoms with van der Waals surface area (Å²) in [6.07, 6.45) is 0.0455. The Balaban J connectivity index is 2.21. The Bertz CT molecular complexity index is 594. The van der Waals surface area contributed by atoms with E-state index in [0.717, 1.165) is 0 Å². The van der Waals surface area contributed by atoms with E-state index >= 15 is 0 Å². The van der Waals surface area contributed by atoms with Gasteiger partial charge in [-0.25, -0.2) is 13.8 Å². The van der Waals surface area contributed by atoms with Crippen LogP contribution in [0.2, 0.25) is 0 Å². The fourth-order valence-electron chi connectivity index (χ4n) is 1.69. The summed E-state index contributed by atoms with van der Waals surface area (Å²) < 4.78 is 26.3. The van der Waals surface area contributed by atoms with Crippen LogP contribution in [0.15, 0.2) is 24.5 Å². The summed E-state index contributed by atoms with van der Waals surface area (Å²) in [5.41, 5.74) is -0.582. The predicted molar refractivity (Wildman–Crippen MR) is 66.0 cm³/mol. The molecule has 0 saturated carbocycles. The van der Waals surface area contributed by atoms with Crippen molar-refractivity contribution in [3.05, 3.63) is 24.5 Å². The van der Waals surface area contributed by atoms with Gasteiger partial charge < -0.3 is 5.32 Å². The molecule has 2 rings (SSSR count). The summed E-state index contributed by atoms with van der Waals surface area (Å²) in [6.45, 7) is 2.96. The maximum absolute atomic E-state index is 12.4. The highest BCUT2D eigenvalue weighted by molar-refractivity contribution is 5.94. The zero-order valence-corrected chi connectivity index (χ0v) is 10.6. The van der Waals surface area contributed by atoms with Crippen LogP contribution in [0.25, 0.3) is 5.65 Å². The van der Waals surface area contributed by atoms with Crippen LogP contribution < -0.4 is 5.32 Å². The van der Waals surface area contributed by atoms with E-state index in [2.05, 4.69) is 15.4 Å². The number of hydrogen-bond acceptors (Lipinski definition) is 3. The normalized spacial score (nSPS) is 12.1. The minimum atomic E-state index is -2.53. The van der Waals surface area contributed by atoms with Crippen molar-refractivity contribution in [1.82, 2.24) is 14.6 Å². The first-order valence-electron chi connectivity index (χ1n) is 5.78. The Morgan fingerprint density at radius 3 is 2.84 bits per heavy atom. The quantitative estimate of drug-likeness (QED) is 0.926. The molecule has 0 bridgehead atoms. The molecule has 0 spiro atoms. The molecule has 0 aliphatic carbocycles. The molecule has 1 amide bonds. The smallest absolute Gasteiger partial charge is 0.239 e. The maximum atomic E-state index is 12.4. The van der Waals surface area contributed by atoms with Crippen LogP contribution in [0, 0.1) is 5.41 Å². The van der Waals surface area contributed by atoms with Gasteiger partial charge in [0, 0.05) is 24.1 Å². The second kappa shape index (κ2) is 4.91. The highest BCUT2D eigenvalue weighted by atomic mass is 19.3. The average Bonchev–Trinajstić information content (AvgIpc) is 2.76. The lowest BCUT2D eigenvalue weighted by Crippen LogP contribution is -2.33. The van der Waals surface area contributed by atoms with E-state index in [4.69, 9.17) is 0 Å². The molecule has 1 N–H and O–H groups in total. The zero-order valence-electron chi connectivity index (χ0n) is 10.6. The minimum Gasteiger partial charge on any atom is -0.310 e. The molecule has 0 aromatic carbocycles. The lowest BCUT2D eigenvalue weighted by Gasteiger charge is -2.23. The first-order chi connectivity index (χ1) is 8.90. The monoisotopic (exact) mass is 268 g/mol. The van der Waals surface area contributed by atoms with Crippen LogP contribution in [0.3, 0.4) is 0 Å². The number of fused-ring (bicyclic) bond motifs is 1. The molecule has 5 nitrogen and oxygen atoms in total. The van der Waals surface area contributed by atoms with Crippen molar-refractivity contribution >= 4 is 17.4 Å². The van der Waals surface area contributed by atoms with Gasteiger partial charge >= 0.3 is 0 Å². The van der Waals surface area contributed by atoms with Gasteiger partial charge in [-0.15, -0.1) is 0 Å². The van der Waals surface area contributed by atoms with Gasteiger partial charge in [-0.3, -0.25) is 4.79 Å². The fraction of sp³-hybridized carbons (Fsp3) is 0.417. The van der Waals surface area contributed by atoms with Crippen LogP contribution in [-0.4, -0.2) is 26.9 Å². The first kappa shape index (κ1) is 13.4. The number of aromatic nitrogens is 3. The van der Waals surface area contributed by atoms with Crippen molar-refractivity contribution in [2.45, 2.75) is 26.7 Å². The van der Waals surface area contributed by atoms with Gasteiger partial charge in [-0.2, -0.15) is 9.61 Å². The highest BCUT2D eigenvalue weighted by Crippen LogP contribution is 2.26. The molecule has 0 fully saturated rings. The third-order valence-corrected chi connectivity index (χ3v) is 2.81. The Morgan fingerprint density at radius 2 is 2.16 bits per heavy atom. The van der Waals surface area contributed by atoms with Gasteiger partial charge in [0.1, 0.15) is 5.82 Å². The lowest BCUT2D eigenvalue weighted by atomic mass is 9.88. The molecule has 0 aliphatic heterocycles. The molecule has 19 heavy (non-hydrogen) atoms. The number of alkyl halides is 2. The molecule has 7 heteroatoms. The number of nitrogens with one attached hydrogen (secondary N) is 1. The third kappa shape index (κ3) is 2.86. The standard InChI is InChI=1S/C12H14F2N4O/c1-12(2,7-8(13)14)11(19)17-10-3-5-15-9-4-6-16-18(9)10/h3-6,8H,7H2,1-2H3,(H,17,19). The zero-order chi connectivity index (χ0) is 14.0. The van der Waals surface area contributed by atoms with Crippen LogP contribution in [0.1, 0.15) is 20.3 Å². The van der Waals surface area contributed by atoms with E-state index in [1.807, 2.05) is 0 Å². The predicted octanol–water partition coefficient (Wildman–Crippen LogP) is 2.35.